The summed E-state index contributed by atoms with van der Waals surface area (Å²) in [6.07, 6.45) is 5.51. The van der Waals surface area contributed by atoms with Crippen LogP contribution in [0, 0.1) is 11.8 Å². The summed E-state index contributed by atoms with van der Waals surface area (Å²) in [4.78, 5) is 157. The van der Waals surface area contributed by atoms with E-state index < -0.39 is 126 Å². The Hall–Kier alpha value is -9.21. The number of H-pyrrole nitrogens is 2. The summed E-state index contributed by atoms with van der Waals surface area (Å²) in [5.41, 5.74) is 18.8. The van der Waals surface area contributed by atoms with Crippen LogP contribution >= 0.6 is 0 Å². The van der Waals surface area contributed by atoms with Crippen LogP contribution in [0.25, 0.3) is 0 Å². The second-order valence-corrected chi connectivity index (χ2v) is 21.3. The number of aromatic hydroxyl groups is 1. The summed E-state index contributed by atoms with van der Waals surface area (Å²) in [5, 5.41) is 38.1. The molecule has 0 aliphatic carbocycles. The fourth-order valence-corrected chi connectivity index (χ4v) is 9.34. The van der Waals surface area contributed by atoms with Gasteiger partial charge in [0.15, 0.2) is 11.7 Å². The van der Waals surface area contributed by atoms with Gasteiger partial charge in [-0.1, -0.05) is 70.2 Å². The van der Waals surface area contributed by atoms with Crippen LogP contribution in [0.1, 0.15) is 89.2 Å². The number of nitrogens with one attached hydrogen (secondary N) is 9. The number of guanidine groups is 1. The van der Waals surface area contributed by atoms with Crippen LogP contribution in [0.15, 0.2) is 84.6 Å². The Morgan fingerprint density at radius 1 is 0.643 bits per heavy atom. The summed E-state index contributed by atoms with van der Waals surface area (Å²) in [5.74, 6) is -9.56. The molecule has 28 nitrogen and oxygen atoms in total. The van der Waals surface area contributed by atoms with Gasteiger partial charge >= 0.3 is 5.97 Å². The largest absolute Gasteiger partial charge is 0.508 e. The minimum Gasteiger partial charge on any atom is -0.508 e. The number of nitrogens with zero attached hydrogens (tertiary/aromatic N) is 4. The average molecular weight is 1170 g/mol. The summed E-state index contributed by atoms with van der Waals surface area (Å²) >= 11 is 0. The monoisotopic (exact) mass is 1170 g/mol. The van der Waals surface area contributed by atoms with E-state index in [0.29, 0.717) is 23.4 Å². The molecule has 1 saturated heterocycles. The number of aromatic nitrogens is 4. The number of imidazole rings is 2. The number of carbonyl (C=O) groups is 10. The van der Waals surface area contributed by atoms with Gasteiger partial charge in [0.2, 0.25) is 47.3 Å². The smallest absolute Gasteiger partial charge is 0.305 e. The zero-order valence-corrected chi connectivity index (χ0v) is 47.6. The highest BCUT2D eigenvalue weighted by Gasteiger charge is 2.41. The first-order valence-electron chi connectivity index (χ1n) is 27.6. The van der Waals surface area contributed by atoms with Gasteiger partial charge in [-0.2, -0.15) is 0 Å². The first-order chi connectivity index (χ1) is 39.9. The molecular weight excluding hydrogens is 1090 g/mol. The van der Waals surface area contributed by atoms with Gasteiger partial charge in [-0.3, -0.25) is 52.9 Å². The van der Waals surface area contributed by atoms with Gasteiger partial charge in [-0.25, -0.2) is 9.97 Å². The van der Waals surface area contributed by atoms with E-state index in [-0.39, 0.29) is 75.5 Å². The Bertz CT molecular complexity index is 2900. The summed E-state index contributed by atoms with van der Waals surface area (Å²) in [6, 6.07) is 3.29. The zero-order chi connectivity index (χ0) is 61.6. The van der Waals surface area contributed by atoms with Crippen LogP contribution in [0.2, 0.25) is 0 Å². The van der Waals surface area contributed by atoms with Crippen molar-refractivity contribution in [1.29, 1.82) is 0 Å². The van der Waals surface area contributed by atoms with E-state index in [1.54, 1.807) is 27.7 Å². The van der Waals surface area contributed by atoms with Gasteiger partial charge in [0, 0.05) is 56.1 Å². The number of aromatic amines is 2. The van der Waals surface area contributed by atoms with Crippen LogP contribution in [0.3, 0.4) is 0 Å². The number of Topliss-reactive ketones (excluding diaryl/α,β-unsaturated/α-hetero) is 1. The van der Waals surface area contributed by atoms with E-state index in [1.165, 1.54) is 61.1 Å². The lowest BCUT2D eigenvalue weighted by Gasteiger charge is -2.31. The standard InChI is InChI=1S/C56H78N16O12/c1-30(2)46(70-49(78)39(13-9-19-62-56(58)59)65-48(77)38(57)25-45(75)76)53(82)67-41(22-34-15-17-37(74)18-16-34)51(80)71-47(31(3)4)54(83)68-42(23-35-26-60-28-63-35)50(79)69-43(24-36-27-61-29-64-36)55(84)72-20-10-14-44(72)52(81)66-40(32(5)73)21-33-11-7-6-8-12-33/h6-8,11-12,15-18,26-31,38-44,46-47,74H,9-10,13-14,19-25,57H2,1-5H3,(H,60,63)(H,61,64)(H,65,77)(H,66,81)(H,67,82)(H,68,83)(H,69,79)(H,70,78)(H,71,80)(H,75,76)(H4,58,59,62). The van der Waals surface area contributed by atoms with E-state index in [9.17, 15) is 58.2 Å². The lowest BCUT2D eigenvalue weighted by atomic mass is 9.98. The van der Waals surface area contributed by atoms with Gasteiger partial charge in [0.25, 0.3) is 0 Å². The summed E-state index contributed by atoms with van der Waals surface area (Å²) in [7, 11) is 0. The van der Waals surface area contributed by atoms with Crippen molar-refractivity contribution in [3.05, 3.63) is 102 Å². The number of ketones is 1. The van der Waals surface area contributed by atoms with E-state index in [2.05, 4.69) is 62.1 Å². The van der Waals surface area contributed by atoms with Gasteiger partial charge in [0.1, 0.15) is 48.0 Å². The number of phenols is 1. The molecule has 4 aromatic rings. The number of carbonyl (C=O) groups excluding carboxylic acids is 9. The number of amides is 8. The number of carboxylic acid groups (broad SMARTS) is 1. The predicted molar refractivity (Wildman–Crippen MR) is 305 cm³/mol. The Labute approximate surface area is 485 Å². The van der Waals surface area contributed by atoms with Crippen molar-refractivity contribution >= 4 is 65.0 Å². The number of benzene rings is 2. The maximum Gasteiger partial charge on any atom is 0.305 e. The number of rotatable bonds is 32. The Balaban J connectivity index is 1.37. The first kappa shape index (κ1) is 65.6. The van der Waals surface area contributed by atoms with Crippen LogP contribution in [-0.2, 0) is 73.6 Å². The average Bonchev–Trinajstić information content (AvgIpc) is 4.30. The third-order valence-corrected chi connectivity index (χ3v) is 13.9. The molecule has 3 heterocycles. The Morgan fingerprint density at radius 2 is 1.14 bits per heavy atom. The van der Waals surface area contributed by atoms with Gasteiger partial charge < -0.3 is 79.5 Å². The van der Waals surface area contributed by atoms with Crippen LogP contribution in [0.5, 0.6) is 5.75 Å². The number of nitrogens with two attached hydrogens (primary N) is 3. The number of aliphatic carboxylic acids is 1. The molecule has 1 aliphatic heterocycles. The fourth-order valence-electron chi connectivity index (χ4n) is 9.34. The van der Waals surface area contributed by atoms with Crippen molar-refractivity contribution in [1.82, 2.24) is 62.1 Å². The maximum atomic E-state index is 14.7. The molecule has 0 saturated carbocycles. The lowest BCUT2D eigenvalue weighted by molar-refractivity contribution is -0.142. The molecule has 28 heteroatoms. The minimum absolute atomic E-state index is 0.0525. The van der Waals surface area contributed by atoms with E-state index in [0.717, 1.165) is 5.56 Å². The molecule has 5 rings (SSSR count). The minimum atomic E-state index is -1.52. The highest BCUT2D eigenvalue weighted by Crippen LogP contribution is 2.21. The lowest BCUT2D eigenvalue weighted by Crippen LogP contribution is -2.62. The van der Waals surface area contributed by atoms with Gasteiger partial charge in [-0.15, -0.1) is 0 Å². The highest BCUT2D eigenvalue weighted by molar-refractivity contribution is 5.99. The number of aliphatic imine (C=N–C) groups is 1. The van der Waals surface area contributed by atoms with Crippen molar-refractivity contribution in [3.8, 4) is 5.75 Å². The molecule has 1 fully saturated rings. The van der Waals surface area contributed by atoms with Crippen molar-refractivity contribution in [2.24, 2.45) is 34.0 Å². The van der Waals surface area contributed by atoms with Crippen molar-refractivity contribution in [2.75, 3.05) is 13.1 Å². The van der Waals surface area contributed by atoms with E-state index >= 15 is 0 Å². The molecule has 9 unspecified atom stereocenters. The molecule has 2 aromatic heterocycles. The number of carboxylic acids is 1. The Kier molecular flexibility index (Phi) is 24.9. The molecule has 1 aliphatic rings. The quantitative estimate of drug-likeness (QED) is 0.0146. The highest BCUT2D eigenvalue weighted by atomic mass is 16.4. The molecule has 17 N–H and O–H groups in total. The molecule has 0 radical (unpaired) electrons. The second kappa shape index (κ2) is 31.9. The second-order valence-electron chi connectivity index (χ2n) is 21.3. The van der Waals surface area contributed by atoms with Crippen molar-refractivity contribution in [3.63, 3.8) is 0 Å². The third-order valence-electron chi connectivity index (χ3n) is 13.9. The summed E-state index contributed by atoms with van der Waals surface area (Å²) < 4.78 is 0. The van der Waals surface area contributed by atoms with E-state index in [4.69, 9.17) is 17.2 Å². The molecule has 2 aromatic carbocycles. The molecule has 0 spiro atoms. The fraction of sp³-hybridized carbons (Fsp3) is 0.482. The van der Waals surface area contributed by atoms with Crippen LogP contribution in [-0.4, -0.2) is 167 Å². The number of phenolic OH excluding ortho intramolecular Hbond substituents is 1. The van der Waals surface area contributed by atoms with Crippen LogP contribution in [0.4, 0.5) is 0 Å². The number of hydrogen-bond donors (Lipinski definition) is 14. The molecule has 9 atom stereocenters. The maximum absolute atomic E-state index is 14.7. The number of hydrogen-bond acceptors (Lipinski definition) is 15. The molecular formula is C56H78N16O12. The van der Waals surface area contributed by atoms with Gasteiger partial charge in [-0.05, 0) is 74.1 Å². The normalized spacial score (nSPS) is 15.9. The molecule has 0 bridgehead atoms. The summed E-state index contributed by atoms with van der Waals surface area (Å²) in [6.45, 7) is 8.09. The first-order valence-corrected chi connectivity index (χ1v) is 27.6. The van der Waals surface area contributed by atoms with Crippen LogP contribution < -0.4 is 54.4 Å². The van der Waals surface area contributed by atoms with Crippen molar-refractivity contribution < 1.29 is 58.2 Å². The van der Waals surface area contributed by atoms with Gasteiger partial charge in [0.05, 0.1) is 31.2 Å². The Morgan fingerprint density at radius 3 is 1.67 bits per heavy atom. The SMILES string of the molecule is CC(=O)C(Cc1ccccc1)NC(=O)C1CCCN1C(=O)C(Cc1cnc[nH]1)NC(=O)C(Cc1cnc[nH]1)NC(=O)C(NC(=O)C(Cc1ccc(O)cc1)NC(=O)C(NC(=O)C(CCCN=C(N)N)NC(=O)C(N)CC(=O)O)C(C)C)C(C)C. The molecule has 84 heavy (non-hydrogen) atoms. The third kappa shape index (κ3) is 20.3. The predicted octanol–water partition coefficient (Wildman–Crippen LogP) is -1.75. The number of likely N-dealkylation sites (tertiary alicyclic amines) is 1. The molecule has 8 amide bonds. The molecule has 454 valence electrons. The topological polar surface area (TPSA) is 446 Å². The van der Waals surface area contributed by atoms with Crippen molar-refractivity contribution in [2.45, 2.75) is 147 Å². The van der Waals surface area contributed by atoms with E-state index in [1.807, 2.05) is 30.3 Å². The zero-order valence-electron chi connectivity index (χ0n) is 47.6.